The number of carbonyl (C=O) groups is 1. The van der Waals surface area contributed by atoms with Crippen molar-refractivity contribution >= 4 is 15.7 Å². The van der Waals surface area contributed by atoms with Crippen molar-refractivity contribution in [2.75, 3.05) is 26.9 Å². The van der Waals surface area contributed by atoms with Gasteiger partial charge in [-0.05, 0) is 43.9 Å². The number of carbonyl (C=O) groups excluding carboxylic acids is 1. The Hall–Kier alpha value is -2.18. The lowest BCUT2D eigenvalue weighted by molar-refractivity contribution is 0.0930. The van der Waals surface area contributed by atoms with E-state index in [0.29, 0.717) is 12.1 Å². The fourth-order valence-corrected chi connectivity index (χ4v) is 3.01. The van der Waals surface area contributed by atoms with Gasteiger partial charge in [0.05, 0.1) is 10.9 Å². The van der Waals surface area contributed by atoms with Crippen molar-refractivity contribution in [2.45, 2.75) is 10.9 Å². The van der Waals surface area contributed by atoms with Gasteiger partial charge in [-0.3, -0.25) is 4.79 Å². The molecule has 0 fully saturated rings. The van der Waals surface area contributed by atoms with Gasteiger partial charge in [0.2, 0.25) is 0 Å². The second-order valence-electron chi connectivity index (χ2n) is 6.00. The van der Waals surface area contributed by atoms with Gasteiger partial charge in [0.1, 0.15) is 0 Å². The molecule has 1 atom stereocenters. The summed E-state index contributed by atoms with van der Waals surface area (Å²) in [4.78, 5) is 14.7. The number of nitrogens with one attached hydrogen (secondary N) is 1. The van der Waals surface area contributed by atoms with Crippen molar-refractivity contribution in [1.82, 2.24) is 10.2 Å². The molecule has 1 unspecified atom stereocenters. The average molecular weight is 346 g/mol. The normalized spacial score (nSPS) is 12.8. The molecule has 0 saturated heterocycles. The van der Waals surface area contributed by atoms with Crippen LogP contribution >= 0.6 is 0 Å². The molecule has 0 heterocycles. The fourth-order valence-electron chi connectivity index (χ4n) is 2.38. The molecule has 6 heteroatoms. The zero-order valence-corrected chi connectivity index (χ0v) is 14.9. The third kappa shape index (κ3) is 4.91. The molecule has 2 aromatic rings. The number of rotatable bonds is 6. The van der Waals surface area contributed by atoms with Crippen molar-refractivity contribution in [2.24, 2.45) is 0 Å². The number of sulfone groups is 1. The molecule has 0 aliphatic carbocycles. The van der Waals surface area contributed by atoms with E-state index in [4.69, 9.17) is 0 Å². The van der Waals surface area contributed by atoms with Crippen molar-refractivity contribution in [1.29, 1.82) is 0 Å². The van der Waals surface area contributed by atoms with Crippen LogP contribution in [0.4, 0.5) is 0 Å². The molecular formula is C18H22N2O3S. The summed E-state index contributed by atoms with van der Waals surface area (Å²) in [6.45, 7) is 0.664. The van der Waals surface area contributed by atoms with Crippen LogP contribution in [0.1, 0.15) is 22.0 Å². The van der Waals surface area contributed by atoms with Gasteiger partial charge in [-0.1, -0.05) is 30.3 Å². The third-order valence-electron chi connectivity index (χ3n) is 3.60. The summed E-state index contributed by atoms with van der Waals surface area (Å²) in [6, 6.07) is 15.6. The second-order valence-corrected chi connectivity index (χ2v) is 8.01. The minimum atomic E-state index is -3.27. The zero-order chi connectivity index (χ0) is 17.7. The minimum absolute atomic E-state index is 0.150. The molecule has 2 rings (SSSR count). The number of hydrogen-bond donors (Lipinski definition) is 1. The molecule has 1 amide bonds. The summed E-state index contributed by atoms with van der Waals surface area (Å²) in [7, 11) is 0.629. The molecule has 128 valence electrons. The lowest BCUT2D eigenvalue weighted by atomic mass is 10.1. The molecule has 0 spiro atoms. The van der Waals surface area contributed by atoms with Gasteiger partial charge in [-0.15, -0.1) is 0 Å². The Bertz CT molecular complexity index is 785. The predicted molar refractivity (Wildman–Crippen MR) is 94.8 cm³/mol. The number of benzene rings is 2. The van der Waals surface area contributed by atoms with E-state index in [1.165, 1.54) is 24.3 Å². The SMILES string of the molecule is CN(C)CC(NC(=O)c1ccc(S(C)(=O)=O)cc1)c1ccccc1. The summed E-state index contributed by atoms with van der Waals surface area (Å²) in [6.07, 6.45) is 1.14. The number of nitrogens with zero attached hydrogens (tertiary/aromatic N) is 1. The molecule has 5 nitrogen and oxygen atoms in total. The van der Waals surface area contributed by atoms with E-state index in [2.05, 4.69) is 5.32 Å². The molecule has 0 bridgehead atoms. The van der Waals surface area contributed by atoms with Gasteiger partial charge < -0.3 is 10.2 Å². The van der Waals surface area contributed by atoms with Crippen molar-refractivity contribution in [3.8, 4) is 0 Å². The zero-order valence-electron chi connectivity index (χ0n) is 14.1. The van der Waals surface area contributed by atoms with Gasteiger partial charge in [0.25, 0.3) is 5.91 Å². The number of amides is 1. The maximum atomic E-state index is 12.5. The highest BCUT2D eigenvalue weighted by Crippen LogP contribution is 2.15. The van der Waals surface area contributed by atoms with Crippen LogP contribution in [0.2, 0.25) is 0 Å². The summed E-state index contributed by atoms with van der Waals surface area (Å²) < 4.78 is 23.0. The van der Waals surface area contributed by atoms with Crippen LogP contribution in [0.25, 0.3) is 0 Å². The number of hydrogen-bond acceptors (Lipinski definition) is 4. The second kappa shape index (κ2) is 7.59. The molecule has 0 radical (unpaired) electrons. The van der Waals surface area contributed by atoms with Crippen LogP contribution in [0, 0.1) is 0 Å². The van der Waals surface area contributed by atoms with Crippen LogP contribution in [-0.4, -0.2) is 46.1 Å². The first-order valence-electron chi connectivity index (χ1n) is 7.58. The van der Waals surface area contributed by atoms with E-state index in [1.807, 2.05) is 49.3 Å². The van der Waals surface area contributed by atoms with Gasteiger partial charge in [0, 0.05) is 18.4 Å². The van der Waals surface area contributed by atoms with Crippen LogP contribution < -0.4 is 5.32 Å². The first-order chi connectivity index (χ1) is 11.3. The van der Waals surface area contributed by atoms with E-state index >= 15 is 0 Å². The number of likely N-dealkylation sites (N-methyl/N-ethyl adjacent to an activating group) is 1. The molecule has 0 aliphatic rings. The molecule has 0 aliphatic heterocycles. The molecule has 24 heavy (non-hydrogen) atoms. The Labute approximate surface area is 143 Å². The van der Waals surface area contributed by atoms with Crippen LogP contribution in [0.15, 0.2) is 59.5 Å². The summed E-state index contributed by atoms with van der Waals surface area (Å²) in [5, 5.41) is 3.01. The summed E-state index contributed by atoms with van der Waals surface area (Å²) in [5.74, 6) is -0.231. The lowest BCUT2D eigenvalue weighted by Crippen LogP contribution is -2.35. The smallest absolute Gasteiger partial charge is 0.251 e. The minimum Gasteiger partial charge on any atom is -0.344 e. The van der Waals surface area contributed by atoms with Gasteiger partial charge in [0.15, 0.2) is 9.84 Å². The molecular weight excluding hydrogens is 324 g/mol. The Morgan fingerprint density at radius 1 is 1.04 bits per heavy atom. The first-order valence-corrected chi connectivity index (χ1v) is 9.47. The van der Waals surface area contributed by atoms with E-state index in [-0.39, 0.29) is 16.8 Å². The summed E-state index contributed by atoms with van der Waals surface area (Å²) >= 11 is 0. The maximum absolute atomic E-state index is 12.5. The first kappa shape index (κ1) is 18.2. The van der Waals surface area contributed by atoms with E-state index in [1.54, 1.807) is 0 Å². The highest BCUT2D eigenvalue weighted by Gasteiger charge is 2.17. The Morgan fingerprint density at radius 2 is 1.62 bits per heavy atom. The topological polar surface area (TPSA) is 66.5 Å². The van der Waals surface area contributed by atoms with Gasteiger partial charge in [-0.25, -0.2) is 8.42 Å². The molecule has 1 N–H and O–H groups in total. The maximum Gasteiger partial charge on any atom is 0.251 e. The average Bonchev–Trinajstić information content (AvgIpc) is 2.54. The summed E-state index contributed by atoms with van der Waals surface area (Å²) in [5.41, 5.74) is 1.45. The van der Waals surface area contributed by atoms with Crippen LogP contribution in [-0.2, 0) is 9.84 Å². The Balaban J connectivity index is 2.18. The Kier molecular flexibility index (Phi) is 5.75. The largest absolute Gasteiger partial charge is 0.344 e. The van der Waals surface area contributed by atoms with Crippen molar-refractivity contribution in [3.05, 3.63) is 65.7 Å². The molecule has 0 saturated carbocycles. The van der Waals surface area contributed by atoms with Crippen LogP contribution in [0.5, 0.6) is 0 Å². The third-order valence-corrected chi connectivity index (χ3v) is 4.73. The van der Waals surface area contributed by atoms with Gasteiger partial charge in [-0.2, -0.15) is 0 Å². The quantitative estimate of drug-likeness (QED) is 0.870. The van der Waals surface area contributed by atoms with E-state index in [0.717, 1.165) is 11.8 Å². The molecule has 0 aromatic heterocycles. The highest BCUT2D eigenvalue weighted by atomic mass is 32.2. The monoisotopic (exact) mass is 346 g/mol. The molecule has 2 aromatic carbocycles. The van der Waals surface area contributed by atoms with E-state index < -0.39 is 9.84 Å². The van der Waals surface area contributed by atoms with Gasteiger partial charge >= 0.3 is 0 Å². The van der Waals surface area contributed by atoms with Crippen molar-refractivity contribution in [3.63, 3.8) is 0 Å². The van der Waals surface area contributed by atoms with Crippen LogP contribution in [0.3, 0.4) is 0 Å². The van der Waals surface area contributed by atoms with Crippen molar-refractivity contribution < 1.29 is 13.2 Å². The Morgan fingerprint density at radius 3 is 2.12 bits per heavy atom. The lowest BCUT2D eigenvalue weighted by Gasteiger charge is -2.23. The standard InChI is InChI=1S/C18H22N2O3S/c1-20(2)13-17(14-7-5-4-6-8-14)19-18(21)15-9-11-16(12-10-15)24(3,22)23/h4-12,17H,13H2,1-3H3,(H,19,21). The highest BCUT2D eigenvalue weighted by molar-refractivity contribution is 7.90. The van der Waals surface area contributed by atoms with E-state index in [9.17, 15) is 13.2 Å². The fraction of sp³-hybridized carbons (Fsp3) is 0.278. The predicted octanol–water partition coefficient (Wildman–Crippen LogP) is 2.12.